The number of para-hydroxylation sites is 1. The Hall–Kier alpha value is -0.670. The highest BCUT2D eigenvalue weighted by atomic mass is 32.2. The highest BCUT2D eigenvalue weighted by molar-refractivity contribution is 7.98. The largest absolute Gasteiger partial charge is 0.385 e. The number of hydrogen-bond donors (Lipinski definition) is 1. The van der Waals surface area contributed by atoms with Crippen LogP contribution in [0.15, 0.2) is 29.2 Å². The van der Waals surface area contributed by atoms with Crippen LogP contribution in [0, 0.1) is 0 Å². The molecule has 1 aromatic carbocycles. The molecular formula is C11H17NOS. The third-order valence-corrected chi connectivity index (χ3v) is 2.74. The number of anilines is 1. The lowest BCUT2D eigenvalue weighted by Crippen LogP contribution is -2.05. The van der Waals surface area contributed by atoms with Gasteiger partial charge < -0.3 is 10.1 Å². The number of hydrogen-bond acceptors (Lipinski definition) is 3. The zero-order valence-electron chi connectivity index (χ0n) is 8.75. The fourth-order valence-corrected chi connectivity index (χ4v) is 1.81. The van der Waals surface area contributed by atoms with E-state index in [9.17, 15) is 0 Å². The van der Waals surface area contributed by atoms with Crippen molar-refractivity contribution in [1.82, 2.24) is 0 Å². The van der Waals surface area contributed by atoms with E-state index in [0.717, 1.165) is 19.6 Å². The minimum atomic E-state index is 0.814. The molecule has 0 aromatic heterocycles. The molecule has 1 N–H and O–H groups in total. The fourth-order valence-electron chi connectivity index (χ4n) is 1.23. The third-order valence-electron chi connectivity index (χ3n) is 1.95. The molecular weight excluding hydrogens is 194 g/mol. The van der Waals surface area contributed by atoms with E-state index < -0.39 is 0 Å². The van der Waals surface area contributed by atoms with Crippen LogP contribution in [-0.2, 0) is 4.74 Å². The van der Waals surface area contributed by atoms with Crippen molar-refractivity contribution in [2.75, 3.05) is 31.8 Å². The van der Waals surface area contributed by atoms with Crippen molar-refractivity contribution in [3.05, 3.63) is 24.3 Å². The lowest BCUT2D eigenvalue weighted by molar-refractivity contribution is 0.198. The number of ether oxygens (including phenoxy) is 1. The molecule has 0 heterocycles. The Morgan fingerprint density at radius 1 is 1.36 bits per heavy atom. The Kier molecular flexibility index (Phi) is 5.49. The maximum absolute atomic E-state index is 4.99. The van der Waals surface area contributed by atoms with Gasteiger partial charge in [-0.1, -0.05) is 12.1 Å². The normalized spacial score (nSPS) is 10.1. The van der Waals surface area contributed by atoms with Gasteiger partial charge in [0.05, 0.1) is 0 Å². The van der Waals surface area contributed by atoms with Crippen molar-refractivity contribution in [3.63, 3.8) is 0 Å². The van der Waals surface area contributed by atoms with Gasteiger partial charge in [-0.05, 0) is 24.8 Å². The van der Waals surface area contributed by atoms with Gasteiger partial charge >= 0.3 is 0 Å². The topological polar surface area (TPSA) is 21.3 Å². The summed E-state index contributed by atoms with van der Waals surface area (Å²) in [5.41, 5.74) is 1.22. The Morgan fingerprint density at radius 2 is 2.14 bits per heavy atom. The van der Waals surface area contributed by atoms with Gasteiger partial charge in [0, 0.05) is 30.8 Å². The molecule has 0 bridgehead atoms. The monoisotopic (exact) mass is 211 g/mol. The van der Waals surface area contributed by atoms with Crippen LogP contribution in [0.2, 0.25) is 0 Å². The van der Waals surface area contributed by atoms with Gasteiger partial charge in [0.15, 0.2) is 0 Å². The molecule has 0 amide bonds. The van der Waals surface area contributed by atoms with Crippen LogP contribution in [0.5, 0.6) is 0 Å². The lowest BCUT2D eigenvalue weighted by Gasteiger charge is -2.09. The van der Waals surface area contributed by atoms with Crippen molar-refractivity contribution in [3.8, 4) is 0 Å². The third kappa shape index (κ3) is 3.60. The molecule has 0 aliphatic rings. The van der Waals surface area contributed by atoms with Gasteiger partial charge in [-0.15, -0.1) is 11.8 Å². The van der Waals surface area contributed by atoms with E-state index in [1.807, 2.05) is 0 Å². The van der Waals surface area contributed by atoms with E-state index in [4.69, 9.17) is 4.74 Å². The zero-order chi connectivity index (χ0) is 10.2. The highest BCUT2D eigenvalue weighted by Crippen LogP contribution is 2.24. The van der Waals surface area contributed by atoms with E-state index in [-0.39, 0.29) is 0 Å². The minimum absolute atomic E-state index is 0.814. The number of methoxy groups -OCH3 is 1. The lowest BCUT2D eigenvalue weighted by atomic mass is 10.3. The van der Waals surface area contributed by atoms with E-state index in [1.165, 1.54) is 10.6 Å². The maximum atomic E-state index is 4.99. The molecule has 1 rings (SSSR count). The van der Waals surface area contributed by atoms with Crippen molar-refractivity contribution < 1.29 is 4.74 Å². The van der Waals surface area contributed by atoms with Crippen molar-refractivity contribution in [1.29, 1.82) is 0 Å². The quantitative estimate of drug-likeness (QED) is 0.577. The first-order chi connectivity index (χ1) is 6.88. The van der Waals surface area contributed by atoms with Gasteiger partial charge in [0.25, 0.3) is 0 Å². The summed E-state index contributed by atoms with van der Waals surface area (Å²) in [6, 6.07) is 8.35. The van der Waals surface area contributed by atoms with Crippen molar-refractivity contribution >= 4 is 17.4 Å². The van der Waals surface area contributed by atoms with Crippen LogP contribution in [0.25, 0.3) is 0 Å². The van der Waals surface area contributed by atoms with E-state index >= 15 is 0 Å². The molecule has 0 spiro atoms. The van der Waals surface area contributed by atoms with E-state index in [1.54, 1.807) is 18.9 Å². The Labute approximate surface area is 90.0 Å². The summed E-state index contributed by atoms with van der Waals surface area (Å²) < 4.78 is 4.99. The first-order valence-electron chi connectivity index (χ1n) is 4.74. The SMILES string of the molecule is COCCCNc1ccccc1SC. The number of thioether (sulfide) groups is 1. The van der Waals surface area contributed by atoms with Gasteiger partial charge in [-0.25, -0.2) is 0 Å². The Morgan fingerprint density at radius 3 is 2.86 bits per heavy atom. The van der Waals surface area contributed by atoms with Gasteiger partial charge in [0.1, 0.15) is 0 Å². The van der Waals surface area contributed by atoms with E-state index in [2.05, 4.69) is 35.8 Å². The second kappa shape index (κ2) is 6.74. The molecule has 2 nitrogen and oxygen atoms in total. The summed E-state index contributed by atoms with van der Waals surface area (Å²) in [6.07, 6.45) is 3.13. The molecule has 0 saturated carbocycles. The molecule has 0 radical (unpaired) electrons. The second-order valence-corrected chi connectivity index (χ2v) is 3.82. The molecule has 3 heteroatoms. The summed E-state index contributed by atoms with van der Waals surface area (Å²) in [7, 11) is 1.73. The fraction of sp³-hybridized carbons (Fsp3) is 0.455. The molecule has 0 unspecified atom stereocenters. The number of rotatable bonds is 6. The van der Waals surface area contributed by atoms with Crippen LogP contribution in [-0.4, -0.2) is 26.5 Å². The average Bonchev–Trinajstić information content (AvgIpc) is 2.25. The molecule has 14 heavy (non-hydrogen) atoms. The van der Waals surface area contributed by atoms with Crippen LogP contribution in [0.4, 0.5) is 5.69 Å². The summed E-state index contributed by atoms with van der Waals surface area (Å²) >= 11 is 1.77. The molecule has 0 aliphatic heterocycles. The summed E-state index contributed by atoms with van der Waals surface area (Å²) in [5.74, 6) is 0. The van der Waals surface area contributed by atoms with E-state index in [0.29, 0.717) is 0 Å². The molecule has 0 atom stereocenters. The maximum Gasteiger partial charge on any atom is 0.0479 e. The summed E-state index contributed by atoms with van der Waals surface area (Å²) in [4.78, 5) is 1.30. The zero-order valence-corrected chi connectivity index (χ0v) is 9.56. The van der Waals surface area contributed by atoms with Crippen LogP contribution >= 0.6 is 11.8 Å². The van der Waals surface area contributed by atoms with Crippen molar-refractivity contribution in [2.45, 2.75) is 11.3 Å². The van der Waals surface area contributed by atoms with Gasteiger partial charge in [0.2, 0.25) is 0 Å². The van der Waals surface area contributed by atoms with Crippen LogP contribution < -0.4 is 5.32 Å². The average molecular weight is 211 g/mol. The molecule has 78 valence electrons. The Balaban J connectivity index is 2.41. The first kappa shape index (κ1) is 11.4. The standard InChI is InChI=1S/C11H17NOS/c1-13-9-5-8-12-10-6-3-4-7-11(10)14-2/h3-4,6-7,12H,5,8-9H2,1-2H3. The minimum Gasteiger partial charge on any atom is -0.385 e. The first-order valence-corrected chi connectivity index (χ1v) is 5.96. The molecule has 0 saturated heterocycles. The van der Waals surface area contributed by atoms with Crippen LogP contribution in [0.3, 0.4) is 0 Å². The predicted octanol–water partition coefficient (Wildman–Crippen LogP) is 2.86. The molecule has 0 fully saturated rings. The summed E-state index contributed by atoms with van der Waals surface area (Å²) in [5, 5.41) is 3.40. The smallest absolute Gasteiger partial charge is 0.0479 e. The molecule has 0 aliphatic carbocycles. The second-order valence-electron chi connectivity index (χ2n) is 2.97. The van der Waals surface area contributed by atoms with Crippen molar-refractivity contribution in [2.24, 2.45) is 0 Å². The summed E-state index contributed by atoms with van der Waals surface area (Å²) in [6.45, 7) is 1.78. The highest BCUT2D eigenvalue weighted by Gasteiger charge is 1.97. The van der Waals surface area contributed by atoms with Gasteiger partial charge in [-0.2, -0.15) is 0 Å². The number of nitrogens with one attached hydrogen (secondary N) is 1. The van der Waals surface area contributed by atoms with Crippen LogP contribution in [0.1, 0.15) is 6.42 Å². The molecule has 1 aromatic rings. The Bertz CT molecular complexity index is 265. The number of benzene rings is 1. The van der Waals surface area contributed by atoms with Gasteiger partial charge in [-0.3, -0.25) is 0 Å². The predicted molar refractivity (Wildman–Crippen MR) is 63.2 cm³/mol.